The molecule has 0 unspecified atom stereocenters. The van der Waals surface area contributed by atoms with E-state index in [0.29, 0.717) is 88.3 Å². The van der Waals surface area contributed by atoms with Crippen molar-refractivity contribution in [2.45, 2.75) is 150 Å². The maximum absolute atomic E-state index is 12.2. The topological polar surface area (TPSA) is 280 Å². The molecule has 3 aliphatic rings. The van der Waals surface area contributed by atoms with E-state index in [1.54, 1.807) is 51.1 Å². The monoisotopic (exact) mass is 1060 g/mol. The fraction of sp³-hybridized carbons (Fsp3) is 0.571. The number of rotatable bonds is 13. The Balaban J connectivity index is 0.000000366. The lowest BCUT2D eigenvalue weighted by Gasteiger charge is -2.33. The summed E-state index contributed by atoms with van der Waals surface area (Å²) in [5, 5.41) is 32.3. The third-order valence-electron chi connectivity index (χ3n) is 11.9. The Morgan fingerprint density at radius 3 is 1.28 bits per heavy atom. The highest BCUT2D eigenvalue weighted by atomic mass is 16.6. The summed E-state index contributed by atoms with van der Waals surface area (Å²) in [4.78, 5) is 84.9. The summed E-state index contributed by atoms with van der Waals surface area (Å²) in [5.41, 5.74) is 5.55. The minimum absolute atomic E-state index is 0.0624. The quantitative estimate of drug-likeness (QED) is 0.0208. The minimum atomic E-state index is -0.763. The van der Waals surface area contributed by atoms with E-state index >= 15 is 0 Å². The van der Waals surface area contributed by atoms with E-state index < -0.39 is 22.8 Å². The number of carbonyl (C=O) groups is 7. The fourth-order valence-corrected chi connectivity index (χ4v) is 8.05. The number of hydrogen-bond donors (Lipinski definition) is 6. The number of hydrogen-bond acceptors (Lipinski definition) is 14. The van der Waals surface area contributed by atoms with E-state index in [-0.39, 0.29) is 59.8 Å². The molecule has 0 bridgehead atoms. The van der Waals surface area contributed by atoms with E-state index in [4.69, 9.17) is 25.2 Å². The first-order valence-electron chi connectivity index (χ1n) is 25.8. The molecule has 422 valence electrons. The summed E-state index contributed by atoms with van der Waals surface area (Å²) in [6.07, 6.45) is 11.3. The number of hydrazone groups is 1. The molecule has 7 N–H and O–H groups in total. The summed E-state index contributed by atoms with van der Waals surface area (Å²) in [6.45, 7) is 27.4. The SMILES string of the molecule is C=CCc1cccc(/C=N/NC(=O)CC2CCN(C(=O)OC(C)(C)C)CC2)c1O.C=CCc1cccc(C=O)c1O.CC(C)(C)OC(=O)N1CCC(CC(=O)NN)CC1.CC(C)(C)OC(=O)N1CCC(CC(=O)O)CC1. The number of phenolic OH excluding ortho intramolecular Hbond substituents is 2. The van der Waals surface area contributed by atoms with Crippen LogP contribution in [-0.2, 0) is 41.4 Å². The molecule has 2 aromatic rings. The number of aromatic hydroxyl groups is 2. The van der Waals surface area contributed by atoms with Crippen LogP contribution in [0.15, 0.2) is 66.8 Å². The number of carboxylic acids is 1. The first-order valence-corrected chi connectivity index (χ1v) is 25.8. The van der Waals surface area contributed by atoms with Crippen LogP contribution in [0.25, 0.3) is 0 Å². The third kappa shape index (κ3) is 26.0. The number of amides is 5. The number of phenols is 2. The lowest BCUT2D eigenvalue weighted by atomic mass is 9.93. The number of likely N-dealkylation sites (tertiary alicyclic amines) is 3. The highest BCUT2D eigenvalue weighted by molar-refractivity contribution is 5.86. The number of aldehydes is 1. The van der Waals surface area contributed by atoms with Gasteiger partial charge in [0.1, 0.15) is 28.3 Å². The number of carbonyl (C=O) groups excluding carboxylic acids is 6. The third-order valence-corrected chi connectivity index (χ3v) is 11.9. The van der Waals surface area contributed by atoms with Crippen molar-refractivity contribution in [3.05, 3.63) is 84.0 Å². The van der Waals surface area contributed by atoms with Crippen molar-refractivity contribution in [3.8, 4) is 11.5 Å². The molecule has 20 nitrogen and oxygen atoms in total. The summed E-state index contributed by atoms with van der Waals surface area (Å²) in [5.74, 6) is 4.85. The van der Waals surface area contributed by atoms with Crippen LogP contribution in [0, 0.1) is 17.8 Å². The van der Waals surface area contributed by atoms with Gasteiger partial charge in [-0.25, -0.2) is 25.7 Å². The average Bonchev–Trinajstić information content (AvgIpc) is 3.33. The van der Waals surface area contributed by atoms with Crippen molar-refractivity contribution >= 4 is 48.6 Å². The molecule has 3 fully saturated rings. The van der Waals surface area contributed by atoms with Gasteiger partial charge in [0.15, 0.2) is 6.29 Å². The van der Waals surface area contributed by atoms with E-state index in [1.165, 1.54) is 6.21 Å². The van der Waals surface area contributed by atoms with Gasteiger partial charge in [-0.1, -0.05) is 36.4 Å². The Kier molecular flexibility index (Phi) is 27.3. The van der Waals surface area contributed by atoms with Crippen molar-refractivity contribution < 1.29 is 63.1 Å². The van der Waals surface area contributed by atoms with E-state index in [2.05, 4.69) is 29.1 Å². The summed E-state index contributed by atoms with van der Waals surface area (Å²) in [6, 6.07) is 10.4. The van der Waals surface area contributed by atoms with E-state index in [9.17, 15) is 43.8 Å². The number of ether oxygens (including phenoxy) is 3. The maximum atomic E-state index is 12.2. The molecule has 0 aliphatic carbocycles. The number of nitrogens with zero attached hydrogens (tertiary/aromatic N) is 4. The van der Waals surface area contributed by atoms with Crippen molar-refractivity contribution in [2.75, 3.05) is 39.3 Å². The standard InChI is InChI=1S/C22H31N3O4.C12H23N3O3.C12H21NO4.C10H10O2/c1-5-7-17-8-6-9-18(20(17)27)15-23-24-19(26)14-16-10-12-25(13-11-16)21(28)29-22(2,3)4;1-12(2,3)18-11(17)15-6-4-9(5-7-15)8-10(16)14-13;1-12(2,3)17-11(16)13-6-4-9(5-7-13)8-10(14)15;1-2-4-8-5-3-6-9(7-11)10(8)12/h5-6,8-9,15-16,27H,1,7,10-14H2,2-4H3,(H,24,26);9H,4-8,13H2,1-3H3,(H,14,16);9H,4-8H2,1-3H3,(H,14,15);2-3,5-7,12H,1,4H2/b23-15+;;;. The molecule has 0 radical (unpaired) electrons. The first-order chi connectivity index (χ1) is 35.6. The van der Waals surface area contributed by atoms with Crippen LogP contribution in [0.4, 0.5) is 14.4 Å². The zero-order valence-electron chi connectivity index (χ0n) is 46.2. The smallest absolute Gasteiger partial charge is 0.410 e. The van der Waals surface area contributed by atoms with Gasteiger partial charge in [-0.2, -0.15) is 5.10 Å². The van der Waals surface area contributed by atoms with Gasteiger partial charge < -0.3 is 44.2 Å². The Hall–Kier alpha value is -6.96. The molecule has 3 heterocycles. The predicted molar refractivity (Wildman–Crippen MR) is 291 cm³/mol. The van der Waals surface area contributed by atoms with Gasteiger partial charge in [-0.3, -0.25) is 24.6 Å². The molecular formula is C56H85N7O13. The normalized spacial score (nSPS) is 15.5. The van der Waals surface area contributed by atoms with Crippen molar-refractivity contribution in [1.82, 2.24) is 25.6 Å². The molecule has 0 atom stereocenters. The molecule has 5 rings (SSSR count). The largest absolute Gasteiger partial charge is 0.507 e. The van der Waals surface area contributed by atoms with Crippen LogP contribution in [0.5, 0.6) is 11.5 Å². The fourth-order valence-electron chi connectivity index (χ4n) is 8.05. The number of aliphatic carboxylic acids is 1. The highest BCUT2D eigenvalue weighted by Gasteiger charge is 2.30. The zero-order chi connectivity index (χ0) is 57.2. The second kappa shape index (κ2) is 31.8. The van der Waals surface area contributed by atoms with Crippen LogP contribution in [0.2, 0.25) is 0 Å². The molecule has 3 aliphatic heterocycles. The lowest BCUT2D eigenvalue weighted by molar-refractivity contribution is -0.138. The van der Waals surface area contributed by atoms with Crippen molar-refractivity contribution in [1.29, 1.82) is 0 Å². The predicted octanol–water partition coefficient (Wildman–Crippen LogP) is 8.66. The minimum Gasteiger partial charge on any atom is -0.507 e. The lowest BCUT2D eigenvalue weighted by Crippen LogP contribution is -2.42. The van der Waals surface area contributed by atoms with E-state index in [0.717, 1.165) is 49.7 Å². The van der Waals surface area contributed by atoms with Crippen LogP contribution < -0.4 is 16.7 Å². The van der Waals surface area contributed by atoms with Gasteiger partial charge >= 0.3 is 24.2 Å². The number of nitrogens with two attached hydrogens (primary N) is 1. The Labute approximate surface area is 449 Å². The molecule has 0 spiro atoms. The highest BCUT2D eigenvalue weighted by Crippen LogP contribution is 2.26. The van der Waals surface area contributed by atoms with Gasteiger partial charge in [-0.15, -0.1) is 13.2 Å². The first kappa shape index (κ1) is 65.2. The second-order valence-corrected chi connectivity index (χ2v) is 21.9. The summed E-state index contributed by atoms with van der Waals surface area (Å²) >= 11 is 0. The molecule has 76 heavy (non-hydrogen) atoms. The van der Waals surface area contributed by atoms with Crippen LogP contribution >= 0.6 is 0 Å². The van der Waals surface area contributed by atoms with Gasteiger partial charge in [0.2, 0.25) is 11.8 Å². The van der Waals surface area contributed by atoms with Gasteiger partial charge in [0, 0.05) is 64.1 Å². The van der Waals surface area contributed by atoms with Crippen molar-refractivity contribution in [2.24, 2.45) is 28.7 Å². The number of hydrazine groups is 1. The number of piperidine rings is 3. The number of benzene rings is 2. The number of para-hydroxylation sites is 2. The molecule has 20 heteroatoms. The maximum Gasteiger partial charge on any atom is 0.410 e. The van der Waals surface area contributed by atoms with Gasteiger partial charge in [0.25, 0.3) is 0 Å². The molecule has 0 saturated carbocycles. The second-order valence-electron chi connectivity index (χ2n) is 21.9. The van der Waals surface area contributed by atoms with E-state index in [1.807, 2.05) is 74.4 Å². The molecule has 2 aromatic carbocycles. The Morgan fingerprint density at radius 2 is 0.947 bits per heavy atom. The summed E-state index contributed by atoms with van der Waals surface area (Å²) < 4.78 is 16.0. The zero-order valence-corrected chi connectivity index (χ0v) is 46.2. The van der Waals surface area contributed by atoms with Crippen LogP contribution in [0.1, 0.15) is 147 Å². The van der Waals surface area contributed by atoms with Gasteiger partial charge in [0.05, 0.1) is 11.8 Å². The van der Waals surface area contributed by atoms with Crippen molar-refractivity contribution in [3.63, 3.8) is 0 Å². The Bertz CT molecular complexity index is 2260. The van der Waals surface area contributed by atoms with Gasteiger partial charge in [-0.05, 0) is 155 Å². The Morgan fingerprint density at radius 1 is 0.605 bits per heavy atom. The molecule has 3 saturated heterocycles. The average molecular weight is 1060 g/mol. The van der Waals surface area contributed by atoms with Crippen LogP contribution in [0.3, 0.4) is 0 Å². The molecule has 0 aromatic heterocycles. The number of nitrogens with one attached hydrogen (secondary N) is 2. The van der Waals surface area contributed by atoms with Crippen LogP contribution in [-0.4, -0.2) is 135 Å². The molecular weight excluding hydrogens is 979 g/mol. The number of carboxylic acid groups (broad SMARTS) is 1. The summed E-state index contributed by atoms with van der Waals surface area (Å²) in [7, 11) is 0. The number of allylic oxidation sites excluding steroid dienone is 2. The molecule has 5 amide bonds.